The van der Waals surface area contributed by atoms with Crippen molar-refractivity contribution in [2.24, 2.45) is 0 Å². The summed E-state index contributed by atoms with van der Waals surface area (Å²) < 4.78 is 4.59. The van der Waals surface area contributed by atoms with Gasteiger partial charge in [0.15, 0.2) is 0 Å². The Balaban J connectivity index is 0.00000361. The Morgan fingerprint density at radius 1 is 1.40 bits per heavy atom. The number of esters is 1. The second-order valence-corrected chi connectivity index (χ2v) is 4.60. The fraction of sp³-hybridized carbons (Fsp3) is 0.500. The Bertz CT molecular complexity index is 385. The predicted molar refractivity (Wildman–Crippen MR) is 82.6 cm³/mol. The van der Waals surface area contributed by atoms with Crippen molar-refractivity contribution < 1.29 is 14.6 Å². The minimum absolute atomic E-state index is 0. The second kappa shape index (κ2) is 10.9. The molecular formula is C14H21Cl2NO3. The van der Waals surface area contributed by atoms with Gasteiger partial charge in [-0.2, -0.15) is 0 Å². The minimum Gasteiger partial charge on any atom is -0.469 e. The van der Waals surface area contributed by atoms with E-state index in [1.807, 2.05) is 24.3 Å². The summed E-state index contributed by atoms with van der Waals surface area (Å²) in [4.78, 5) is 11.0. The Kier molecular flexibility index (Phi) is 10.5. The van der Waals surface area contributed by atoms with Crippen LogP contribution in [0.4, 0.5) is 0 Å². The molecule has 0 amide bonds. The number of hydrogen-bond acceptors (Lipinski definition) is 4. The van der Waals surface area contributed by atoms with Gasteiger partial charge in [-0.1, -0.05) is 24.3 Å². The monoisotopic (exact) mass is 321 g/mol. The van der Waals surface area contributed by atoms with Crippen LogP contribution in [0.2, 0.25) is 0 Å². The Morgan fingerprint density at radius 2 is 2.05 bits per heavy atom. The van der Waals surface area contributed by atoms with Crippen LogP contribution in [-0.2, 0) is 16.0 Å². The van der Waals surface area contributed by atoms with Gasteiger partial charge in [0.2, 0.25) is 0 Å². The number of carbonyl (C=O) groups excluding carboxylic acids is 1. The van der Waals surface area contributed by atoms with Gasteiger partial charge in [-0.05, 0) is 17.5 Å². The molecule has 1 aromatic carbocycles. The molecule has 0 fully saturated rings. The lowest BCUT2D eigenvalue weighted by Crippen LogP contribution is -2.23. The highest BCUT2D eigenvalue weighted by atomic mass is 35.5. The molecule has 0 bridgehead atoms. The number of rotatable bonds is 8. The number of aliphatic hydroxyl groups excluding tert-OH is 1. The zero-order chi connectivity index (χ0) is 14.1. The van der Waals surface area contributed by atoms with Crippen molar-refractivity contribution in [3.8, 4) is 0 Å². The quantitative estimate of drug-likeness (QED) is 0.437. The van der Waals surface area contributed by atoms with E-state index in [0.29, 0.717) is 31.8 Å². The van der Waals surface area contributed by atoms with Crippen LogP contribution in [0.25, 0.3) is 0 Å². The molecule has 0 saturated carbocycles. The van der Waals surface area contributed by atoms with Gasteiger partial charge in [0, 0.05) is 25.4 Å². The second-order valence-electron chi connectivity index (χ2n) is 4.23. The van der Waals surface area contributed by atoms with E-state index >= 15 is 0 Å². The van der Waals surface area contributed by atoms with Crippen LogP contribution in [0.15, 0.2) is 24.3 Å². The first-order valence-electron chi connectivity index (χ1n) is 6.27. The van der Waals surface area contributed by atoms with Crippen molar-refractivity contribution in [1.82, 2.24) is 5.32 Å². The number of nitrogens with one attached hydrogen (secondary N) is 1. The maximum absolute atomic E-state index is 11.0. The summed E-state index contributed by atoms with van der Waals surface area (Å²) in [6, 6.07) is 7.59. The van der Waals surface area contributed by atoms with E-state index < -0.39 is 6.10 Å². The lowest BCUT2D eigenvalue weighted by atomic mass is 10.0. The fourth-order valence-electron chi connectivity index (χ4n) is 1.68. The van der Waals surface area contributed by atoms with E-state index in [1.54, 1.807) is 0 Å². The summed E-state index contributed by atoms with van der Waals surface area (Å²) in [6.07, 6.45) is 0.473. The van der Waals surface area contributed by atoms with Gasteiger partial charge in [-0.15, -0.1) is 24.0 Å². The Hall–Kier alpha value is -0.810. The van der Waals surface area contributed by atoms with Gasteiger partial charge in [0.1, 0.15) is 0 Å². The number of aliphatic hydroxyl groups is 1. The minimum atomic E-state index is -0.544. The van der Waals surface area contributed by atoms with E-state index in [0.717, 1.165) is 11.1 Å². The number of alkyl halides is 1. The zero-order valence-corrected chi connectivity index (χ0v) is 13.0. The summed E-state index contributed by atoms with van der Waals surface area (Å²) in [5.41, 5.74) is 1.90. The van der Waals surface area contributed by atoms with Crippen LogP contribution in [-0.4, -0.2) is 37.2 Å². The third kappa shape index (κ3) is 7.10. The van der Waals surface area contributed by atoms with Gasteiger partial charge in [0.25, 0.3) is 0 Å². The van der Waals surface area contributed by atoms with E-state index in [9.17, 15) is 9.90 Å². The number of hydrogen-bond donors (Lipinski definition) is 2. The van der Waals surface area contributed by atoms with Gasteiger partial charge in [-0.3, -0.25) is 4.79 Å². The molecule has 0 radical (unpaired) electrons. The fourth-order valence-corrected chi connectivity index (χ4v) is 1.81. The smallest absolute Gasteiger partial charge is 0.305 e. The highest BCUT2D eigenvalue weighted by Gasteiger charge is 2.07. The third-order valence-corrected chi connectivity index (χ3v) is 3.01. The number of methoxy groups -OCH3 is 1. The molecule has 20 heavy (non-hydrogen) atoms. The van der Waals surface area contributed by atoms with Gasteiger partial charge >= 0.3 is 5.97 Å². The number of carbonyl (C=O) groups is 1. The molecule has 0 heterocycles. The Morgan fingerprint density at radius 3 is 2.60 bits per heavy atom. The normalized spacial score (nSPS) is 11.6. The number of aryl methyl sites for hydroxylation is 1. The molecule has 0 aliphatic rings. The van der Waals surface area contributed by atoms with Crippen LogP contribution in [0.3, 0.4) is 0 Å². The van der Waals surface area contributed by atoms with Crippen molar-refractivity contribution in [3.63, 3.8) is 0 Å². The lowest BCUT2D eigenvalue weighted by Gasteiger charge is -2.12. The van der Waals surface area contributed by atoms with E-state index in [1.165, 1.54) is 7.11 Å². The molecule has 114 valence electrons. The molecule has 0 saturated heterocycles. The summed E-state index contributed by atoms with van der Waals surface area (Å²) in [5.74, 6) is 0.313. The van der Waals surface area contributed by atoms with Crippen molar-refractivity contribution >= 4 is 30.0 Å². The molecule has 0 spiro atoms. The molecule has 0 aliphatic carbocycles. The first kappa shape index (κ1) is 19.2. The molecular weight excluding hydrogens is 301 g/mol. The van der Waals surface area contributed by atoms with Crippen molar-refractivity contribution in [3.05, 3.63) is 35.4 Å². The summed E-state index contributed by atoms with van der Waals surface area (Å²) in [7, 11) is 1.38. The topological polar surface area (TPSA) is 58.6 Å². The highest BCUT2D eigenvalue weighted by molar-refractivity contribution is 6.18. The van der Waals surface area contributed by atoms with Crippen molar-refractivity contribution in [1.29, 1.82) is 0 Å². The molecule has 2 N–H and O–H groups in total. The average molecular weight is 322 g/mol. The highest BCUT2D eigenvalue weighted by Crippen LogP contribution is 2.14. The van der Waals surface area contributed by atoms with Crippen molar-refractivity contribution in [2.45, 2.75) is 18.9 Å². The third-order valence-electron chi connectivity index (χ3n) is 2.82. The zero-order valence-electron chi connectivity index (χ0n) is 11.5. The molecule has 1 rings (SSSR count). The average Bonchev–Trinajstić information content (AvgIpc) is 2.45. The largest absolute Gasteiger partial charge is 0.469 e. The summed E-state index contributed by atoms with van der Waals surface area (Å²) in [5, 5.41) is 13.0. The SMILES string of the molecule is COC(=O)CCc1ccc(C(O)CNCCCl)cc1.Cl. The van der Waals surface area contributed by atoms with E-state index in [-0.39, 0.29) is 18.4 Å². The Labute approximate surface area is 130 Å². The first-order valence-corrected chi connectivity index (χ1v) is 6.81. The maximum Gasteiger partial charge on any atom is 0.305 e. The first-order chi connectivity index (χ1) is 9.17. The van der Waals surface area contributed by atoms with Gasteiger partial charge in [0.05, 0.1) is 13.2 Å². The summed E-state index contributed by atoms with van der Waals surface area (Å²) >= 11 is 5.54. The standard InChI is InChI=1S/C14H20ClNO3.ClH/c1-19-14(18)7-4-11-2-5-12(6-3-11)13(17)10-16-9-8-15;/h2-3,5-6,13,16-17H,4,7-10H2,1H3;1H. The molecule has 1 unspecified atom stereocenters. The molecule has 6 heteroatoms. The van der Waals surface area contributed by atoms with E-state index in [2.05, 4.69) is 10.1 Å². The van der Waals surface area contributed by atoms with Crippen LogP contribution < -0.4 is 5.32 Å². The molecule has 4 nitrogen and oxygen atoms in total. The number of benzene rings is 1. The molecule has 0 aromatic heterocycles. The lowest BCUT2D eigenvalue weighted by molar-refractivity contribution is -0.140. The van der Waals surface area contributed by atoms with Crippen LogP contribution in [0.5, 0.6) is 0 Å². The maximum atomic E-state index is 11.0. The number of ether oxygens (including phenoxy) is 1. The van der Waals surface area contributed by atoms with Crippen LogP contribution in [0.1, 0.15) is 23.7 Å². The summed E-state index contributed by atoms with van der Waals surface area (Å²) in [6.45, 7) is 1.16. The number of halogens is 2. The van der Waals surface area contributed by atoms with Crippen LogP contribution >= 0.6 is 24.0 Å². The van der Waals surface area contributed by atoms with Gasteiger partial charge in [-0.25, -0.2) is 0 Å². The molecule has 1 atom stereocenters. The molecule has 1 aromatic rings. The predicted octanol–water partition coefficient (Wildman–Crippen LogP) is 2.08. The molecule has 0 aliphatic heterocycles. The van der Waals surface area contributed by atoms with Crippen molar-refractivity contribution in [2.75, 3.05) is 26.1 Å². The van der Waals surface area contributed by atoms with Gasteiger partial charge < -0.3 is 15.2 Å². The van der Waals surface area contributed by atoms with Crippen LogP contribution in [0, 0.1) is 0 Å². The van der Waals surface area contributed by atoms with E-state index in [4.69, 9.17) is 11.6 Å².